The first-order chi connectivity index (χ1) is 16.5. The fraction of sp³-hybridized carbons (Fsp3) is 0.115. The number of nitriles is 1. The molecule has 0 fully saturated rings. The van der Waals surface area contributed by atoms with E-state index in [4.69, 9.17) is 31.9 Å². The molecule has 0 aromatic heterocycles. The number of carbonyl (C=O) groups is 3. The van der Waals surface area contributed by atoms with Gasteiger partial charge in [0.1, 0.15) is 0 Å². The number of hydrogen-bond donors (Lipinski definition) is 3. The van der Waals surface area contributed by atoms with Crippen LogP contribution < -0.4 is 46.3 Å². The number of alkyl halides is 1. The standard InChI is InChI=1S/C8H8BrNO.C8H9NO.C8H7N.CH2O4.CH3.Na.W/c9-5-6-2-1-3-7(4-6)8(10)11;1-6-3-2-4-7(5-6)8(9)10;1-7-3-2-4-8(5-7)6-9;2-1(3)5-4;;;/h1-4H,5H2,(H2,10,11);2-5H,1H3,(H2,9,10);2-5H,1H3;4H,(H,2,3);1H3;;/q;;;;-1;+1;/p-1. The number of amides is 2. The Morgan fingerprint density at radius 1 is 0.921 bits per heavy atom. The molecule has 0 unspecified atom stereocenters. The van der Waals surface area contributed by atoms with E-state index in [2.05, 4.69) is 26.9 Å². The summed E-state index contributed by atoms with van der Waals surface area (Å²) in [6.07, 6.45) is -1.80. The Labute approximate surface area is 267 Å². The van der Waals surface area contributed by atoms with E-state index in [0.717, 1.165) is 27.6 Å². The van der Waals surface area contributed by atoms with Crippen molar-refractivity contribution in [3.63, 3.8) is 0 Å². The van der Waals surface area contributed by atoms with Gasteiger partial charge in [-0.2, -0.15) is 5.26 Å². The van der Waals surface area contributed by atoms with Crippen LogP contribution in [0.5, 0.6) is 0 Å². The van der Waals surface area contributed by atoms with Gasteiger partial charge in [-0.3, -0.25) is 9.59 Å². The quantitative estimate of drug-likeness (QED) is 0.117. The van der Waals surface area contributed by atoms with Crippen LogP contribution in [0.3, 0.4) is 0 Å². The molecule has 3 aromatic rings. The minimum absolute atomic E-state index is 0. The van der Waals surface area contributed by atoms with Crippen molar-refractivity contribution >= 4 is 33.9 Å². The molecule has 0 aliphatic carbocycles. The van der Waals surface area contributed by atoms with Gasteiger partial charge in [0.15, 0.2) is 0 Å². The molecule has 0 spiro atoms. The third-order valence-electron chi connectivity index (χ3n) is 3.89. The number of primary amides is 2. The molecule has 0 aliphatic rings. The zero-order valence-electron chi connectivity index (χ0n) is 21.5. The summed E-state index contributed by atoms with van der Waals surface area (Å²) < 4.78 is 0. The predicted octanol–water partition coefficient (Wildman–Crippen LogP) is 1.05. The van der Waals surface area contributed by atoms with Gasteiger partial charge >= 0.3 is 35.7 Å². The van der Waals surface area contributed by atoms with Crippen molar-refractivity contribution in [2.24, 2.45) is 11.5 Å². The van der Waals surface area contributed by atoms with Crippen molar-refractivity contribution in [2.75, 3.05) is 0 Å². The summed E-state index contributed by atoms with van der Waals surface area (Å²) in [5.74, 6) is -0.753. The van der Waals surface area contributed by atoms with Crippen molar-refractivity contribution in [3.8, 4) is 6.07 Å². The number of aryl methyl sites for hydroxylation is 2. The van der Waals surface area contributed by atoms with E-state index in [0.29, 0.717) is 11.1 Å². The summed E-state index contributed by atoms with van der Waals surface area (Å²) in [7, 11) is 0. The maximum atomic E-state index is 10.7. The SMILES string of the molecule is Cc1cccc(C#N)c1.Cc1cccc(C(N)=O)c1.NC(=O)c1cccc(CBr)c1.O=C(O)O[O-].[CH3-].[Na+].[W]. The number of nitrogens with two attached hydrogens (primary N) is 2. The van der Waals surface area contributed by atoms with Gasteiger partial charge < -0.3 is 34.1 Å². The Hall–Kier alpha value is -2.51. The van der Waals surface area contributed by atoms with Gasteiger partial charge in [-0.05, 0) is 61.4 Å². The summed E-state index contributed by atoms with van der Waals surface area (Å²) >= 11 is 3.29. The van der Waals surface area contributed by atoms with E-state index in [1.807, 2.05) is 56.3 Å². The average molecular weight is 765 g/mol. The van der Waals surface area contributed by atoms with Gasteiger partial charge in [0.25, 0.3) is 0 Å². The zero-order valence-corrected chi connectivity index (χ0v) is 28.0. The zero-order chi connectivity index (χ0) is 26.8. The summed E-state index contributed by atoms with van der Waals surface area (Å²) in [6, 6.07) is 24.0. The number of carbonyl (C=O) groups excluding carboxylic acids is 2. The number of nitrogens with zero attached hydrogens (tertiary/aromatic N) is 1. The number of carboxylic acid groups (broad SMARTS) is 1. The monoisotopic (exact) mass is 764 g/mol. The average Bonchev–Trinajstić information content (AvgIpc) is 2.85. The third kappa shape index (κ3) is 20.5. The first-order valence-electron chi connectivity index (χ1n) is 9.84. The molecule has 3 rings (SSSR count). The Bertz CT molecular complexity index is 1180. The molecule has 198 valence electrons. The van der Waals surface area contributed by atoms with E-state index >= 15 is 0 Å². The number of hydrogen-bond acceptors (Lipinski definition) is 6. The molecule has 0 saturated heterocycles. The Morgan fingerprint density at radius 3 is 1.66 bits per heavy atom. The summed E-state index contributed by atoms with van der Waals surface area (Å²) in [5, 5.41) is 24.9. The molecule has 9 nitrogen and oxygen atoms in total. The fourth-order valence-electron chi connectivity index (χ4n) is 2.32. The summed E-state index contributed by atoms with van der Waals surface area (Å²) in [5.41, 5.74) is 15.2. The maximum Gasteiger partial charge on any atom is 1.00 e. The Kier molecular flexibility index (Phi) is 27.8. The number of halogens is 1. The van der Waals surface area contributed by atoms with Gasteiger partial charge in [0, 0.05) is 37.5 Å². The van der Waals surface area contributed by atoms with Crippen LogP contribution >= 0.6 is 15.9 Å². The summed E-state index contributed by atoms with van der Waals surface area (Å²) in [4.78, 5) is 32.5. The maximum absolute atomic E-state index is 10.7. The van der Waals surface area contributed by atoms with Crippen LogP contribution in [0.25, 0.3) is 0 Å². The van der Waals surface area contributed by atoms with Crippen molar-refractivity contribution in [2.45, 2.75) is 19.2 Å². The van der Waals surface area contributed by atoms with Gasteiger partial charge in [0.05, 0.1) is 11.6 Å². The van der Waals surface area contributed by atoms with Crippen LogP contribution in [0.2, 0.25) is 0 Å². The molecule has 5 N–H and O–H groups in total. The van der Waals surface area contributed by atoms with Crippen LogP contribution in [0.1, 0.15) is 43.0 Å². The second-order valence-corrected chi connectivity index (χ2v) is 7.32. The number of rotatable bonds is 3. The van der Waals surface area contributed by atoms with Crippen LogP contribution in [0.4, 0.5) is 4.79 Å². The van der Waals surface area contributed by atoms with Gasteiger partial charge in [-0.25, -0.2) is 4.79 Å². The van der Waals surface area contributed by atoms with Gasteiger partial charge in [-0.1, -0.05) is 57.9 Å². The van der Waals surface area contributed by atoms with E-state index in [1.165, 1.54) is 0 Å². The fourth-order valence-corrected chi connectivity index (χ4v) is 2.67. The van der Waals surface area contributed by atoms with Crippen molar-refractivity contribution in [1.82, 2.24) is 0 Å². The first-order valence-corrected chi connectivity index (χ1v) is 11.0. The van der Waals surface area contributed by atoms with Gasteiger partial charge in [0.2, 0.25) is 11.8 Å². The molecule has 0 bridgehead atoms. The molecule has 38 heavy (non-hydrogen) atoms. The second-order valence-electron chi connectivity index (χ2n) is 6.76. The van der Waals surface area contributed by atoms with E-state index in [9.17, 15) is 9.59 Å². The molecule has 0 atom stereocenters. The van der Waals surface area contributed by atoms with Crippen molar-refractivity contribution in [3.05, 3.63) is 114 Å². The molecular formula is C26H28BrN3NaO6W-. The molecule has 0 saturated carbocycles. The molecule has 3 aromatic carbocycles. The van der Waals surface area contributed by atoms with E-state index in [1.54, 1.807) is 30.3 Å². The smallest absolute Gasteiger partial charge is 0.659 e. The Balaban J connectivity index is -0.000000203. The largest absolute Gasteiger partial charge is 1.00 e. The molecule has 0 aliphatic heterocycles. The summed E-state index contributed by atoms with van der Waals surface area (Å²) in [6.45, 7) is 3.90. The van der Waals surface area contributed by atoms with Crippen LogP contribution in [0, 0.1) is 32.6 Å². The van der Waals surface area contributed by atoms with Crippen LogP contribution in [-0.4, -0.2) is 23.1 Å². The third-order valence-corrected chi connectivity index (χ3v) is 4.53. The van der Waals surface area contributed by atoms with E-state index in [-0.39, 0.29) is 69.9 Å². The number of benzene rings is 3. The molecule has 2 amide bonds. The topological polar surface area (TPSA) is 180 Å². The molecule has 0 heterocycles. The first kappa shape index (κ1) is 42.6. The molecule has 12 heteroatoms. The van der Waals surface area contributed by atoms with Crippen molar-refractivity contribution < 1.29 is 80.3 Å². The second kappa shape index (κ2) is 24.8. The van der Waals surface area contributed by atoms with Crippen LogP contribution in [0.15, 0.2) is 72.8 Å². The molecule has 0 radical (unpaired) electrons. The van der Waals surface area contributed by atoms with Gasteiger partial charge in [-0.15, -0.1) is 0 Å². The normalized spacial score (nSPS) is 8.08. The minimum Gasteiger partial charge on any atom is -0.659 e. The van der Waals surface area contributed by atoms with E-state index < -0.39 is 6.16 Å². The van der Waals surface area contributed by atoms with Crippen LogP contribution in [-0.2, 0) is 31.3 Å². The predicted molar refractivity (Wildman–Crippen MR) is 139 cm³/mol. The Morgan fingerprint density at radius 2 is 1.34 bits per heavy atom. The minimum atomic E-state index is -1.80. The van der Waals surface area contributed by atoms with Crippen molar-refractivity contribution in [1.29, 1.82) is 5.26 Å². The molecular weight excluding hydrogens is 737 g/mol.